The Morgan fingerprint density at radius 1 is 1.57 bits per heavy atom. The van der Waals surface area contributed by atoms with Gasteiger partial charge in [0, 0.05) is 0 Å². The fourth-order valence-electron chi connectivity index (χ4n) is 1.23. The topological polar surface area (TPSA) is 101 Å². The van der Waals surface area contributed by atoms with Crippen molar-refractivity contribution in [2.75, 3.05) is 0 Å². The Bertz CT molecular complexity index is 396. The molecule has 0 aliphatic heterocycles. The molecule has 1 aromatic rings. The minimum absolute atomic E-state index is 0.147. The molecule has 0 radical (unpaired) electrons. The molecule has 0 unspecified atom stereocenters. The van der Waals surface area contributed by atoms with Gasteiger partial charge in [-0.05, 0) is 13.8 Å². The molecule has 7 nitrogen and oxygen atoms in total. The highest BCUT2D eigenvalue weighted by molar-refractivity contribution is 5.64. The number of rotatable bonds is 3. The van der Waals surface area contributed by atoms with E-state index in [0.717, 1.165) is 4.68 Å². The first-order valence-corrected chi connectivity index (χ1v) is 3.81. The highest BCUT2D eigenvalue weighted by Crippen LogP contribution is 2.21. The van der Waals surface area contributed by atoms with Gasteiger partial charge >= 0.3 is 5.69 Å². The van der Waals surface area contributed by atoms with Crippen LogP contribution in [0, 0.1) is 24.0 Å². The Kier molecular flexibility index (Phi) is 2.50. The van der Waals surface area contributed by atoms with Crippen LogP contribution in [0.2, 0.25) is 0 Å². The van der Waals surface area contributed by atoms with Gasteiger partial charge in [-0.2, -0.15) is 5.10 Å². The van der Waals surface area contributed by atoms with E-state index in [9.17, 15) is 20.0 Å². The smallest absolute Gasteiger partial charge is 0.312 e. The molecule has 1 rings (SSSR count). The van der Waals surface area contributed by atoms with E-state index >= 15 is 0 Å². The van der Waals surface area contributed by atoms with E-state index < -0.39 is 17.4 Å². The van der Waals surface area contributed by atoms with E-state index in [4.69, 9.17) is 0 Å². The maximum atomic E-state index is 10.5. The molecule has 0 aliphatic rings. The van der Waals surface area contributed by atoms with Crippen LogP contribution in [0.25, 0.3) is 0 Å². The molecule has 0 atom stereocenters. The molecule has 1 heterocycles. The number of carboxylic acid groups (broad SMARTS) is 1. The van der Waals surface area contributed by atoms with Gasteiger partial charge in [-0.1, -0.05) is 0 Å². The molecule has 1 aromatic heterocycles. The Labute approximate surface area is 79.1 Å². The first-order valence-electron chi connectivity index (χ1n) is 3.81. The molecule has 0 N–H and O–H groups in total. The molecule has 7 heteroatoms. The van der Waals surface area contributed by atoms with Crippen molar-refractivity contribution in [3.63, 3.8) is 0 Å². The molecule has 0 bridgehead atoms. The monoisotopic (exact) mass is 198 g/mol. The lowest BCUT2D eigenvalue weighted by Gasteiger charge is -2.02. The zero-order valence-corrected chi connectivity index (χ0v) is 7.68. The lowest BCUT2D eigenvalue weighted by molar-refractivity contribution is -0.386. The third-order valence-electron chi connectivity index (χ3n) is 1.80. The number of carbonyl (C=O) groups excluding carboxylic acids is 1. The van der Waals surface area contributed by atoms with E-state index in [1.165, 1.54) is 13.8 Å². The van der Waals surface area contributed by atoms with Crippen molar-refractivity contribution in [2.45, 2.75) is 20.4 Å². The van der Waals surface area contributed by atoms with Crippen LogP contribution in [-0.2, 0) is 11.3 Å². The molecule has 0 saturated heterocycles. The van der Waals surface area contributed by atoms with Gasteiger partial charge in [0.15, 0.2) is 0 Å². The van der Waals surface area contributed by atoms with Gasteiger partial charge in [-0.15, -0.1) is 0 Å². The number of nitro groups is 1. The van der Waals surface area contributed by atoms with Crippen molar-refractivity contribution in [1.82, 2.24) is 9.78 Å². The zero-order chi connectivity index (χ0) is 10.9. The molecular weight excluding hydrogens is 190 g/mol. The second-order valence-corrected chi connectivity index (χ2v) is 2.81. The van der Waals surface area contributed by atoms with Gasteiger partial charge < -0.3 is 9.90 Å². The number of aryl methyl sites for hydroxylation is 1. The second-order valence-electron chi connectivity index (χ2n) is 2.81. The predicted molar refractivity (Wildman–Crippen MR) is 43.4 cm³/mol. The van der Waals surface area contributed by atoms with Crippen LogP contribution in [0.15, 0.2) is 0 Å². The van der Waals surface area contributed by atoms with Crippen LogP contribution >= 0.6 is 0 Å². The van der Waals surface area contributed by atoms with E-state index in [1.807, 2.05) is 0 Å². The molecule has 0 saturated carbocycles. The van der Waals surface area contributed by atoms with Crippen LogP contribution < -0.4 is 5.11 Å². The minimum atomic E-state index is -1.33. The Morgan fingerprint density at radius 2 is 2.14 bits per heavy atom. The standard InChI is InChI=1S/C7H9N3O4/c1-4-7(10(13)14)5(2)9(8-4)3-6(11)12/h3H2,1-2H3,(H,11,12)/p-1. The third-order valence-corrected chi connectivity index (χ3v) is 1.80. The van der Waals surface area contributed by atoms with Gasteiger partial charge in [0.05, 0.1) is 17.4 Å². The van der Waals surface area contributed by atoms with E-state index in [2.05, 4.69) is 5.10 Å². The Hall–Kier alpha value is -1.92. The number of carbonyl (C=O) groups is 1. The van der Waals surface area contributed by atoms with Crippen LogP contribution in [0.5, 0.6) is 0 Å². The summed E-state index contributed by atoms with van der Waals surface area (Å²) in [6.07, 6.45) is 0. The second kappa shape index (κ2) is 3.44. The third kappa shape index (κ3) is 1.70. The fraction of sp³-hybridized carbons (Fsp3) is 0.429. The number of aliphatic carboxylic acids is 1. The number of hydrogen-bond acceptors (Lipinski definition) is 5. The van der Waals surface area contributed by atoms with Gasteiger partial charge in [0.1, 0.15) is 11.4 Å². The van der Waals surface area contributed by atoms with Crippen molar-refractivity contribution < 1.29 is 14.8 Å². The molecule has 76 valence electrons. The van der Waals surface area contributed by atoms with Crippen LogP contribution in [0.1, 0.15) is 11.4 Å². The van der Waals surface area contributed by atoms with Crippen LogP contribution in [-0.4, -0.2) is 20.7 Å². The van der Waals surface area contributed by atoms with Crippen molar-refractivity contribution in [1.29, 1.82) is 0 Å². The average molecular weight is 198 g/mol. The van der Waals surface area contributed by atoms with Crippen LogP contribution in [0.4, 0.5) is 5.69 Å². The first-order chi connectivity index (χ1) is 6.43. The maximum absolute atomic E-state index is 10.5. The predicted octanol–water partition coefficient (Wildman–Crippen LogP) is -0.842. The van der Waals surface area contributed by atoms with Gasteiger partial charge in [0.25, 0.3) is 0 Å². The van der Waals surface area contributed by atoms with Gasteiger partial charge in [0.2, 0.25) is 0 Å². The average Bonchev–Trinajstić information content (AvgIpc) is 2.25. The normalized spacial score (nSPS) is 10.1. The molecule has 0 amide bonds. The Balaban J connectivity index is 3.16. The maximum Gasteiger partial charge on any atom is 0.312 e. The minimum Gasteiger partial charge on any atom is -0.548 e. The molecular formula is C7H8N3O4-. The number of nitrogens with zero attached hydrogens (tertiary/aromatic N) is 3. The molecule has 0 aliphatic carbocycles. The summed E-state index contributed by atoms with van der Waals surface area (Å²) in [7, 11) is 0. The van der Waals surface area contributed by atoms with Crippen molar-refractivity contribution in [2.24, 2.45) is 0 Å². The molecule has 14 heavy (non-hydrogen) atoms. The number of carboxylic acids is 1. The van der Waals surface area contributed by atoms with E-state index in [1.54, 1.807) is 0 Å². The zero-order valence-electron chi connectivity index (χ0n) is 7.68. The van der Waals surface area contributed by atoms with Crippen molar-refractivity contribution in [3.8, 4) is 0 Å². The number of aromatic nitrogens is 2. The molecule has 0 fully saturated rings. The van der Waals surface area contributed by atoms with Crippen LogP contribution in [0.3, 0.4) is 0 Å². The first kappa shape index (κ1) is 10.2. The summed E-state index contributed by atoms with van der Waals surface area (Å²) in [5, 5.41) is 24.5. The van der Waals surface area contributed by atoms with E-state index in [-0.39, 0.29) is 17.1 Å². The Morgan fingerprint density at radius 3 is 2.50 bits per heavy atom. The summed E-state index contributed by atoms with van der Waals surface area (Å²) in [6.45, 7) is 2.43. The summed E-state index contributed by atoms with van der Waals surface area (Å²) in [5.41, 5.74) is 0.275. The number of hydrogen-bond donors (Lipinski definition) is 0. The summed E-state index contributed by atoms with van der Waals surface area (Å²) < 4.78 is 1.04. The lowest BCUT2D eigenvalue weighted by Crippen LogP contribution is -2.28. The quantitative estimate of drug-likeness (QED) is 0.465. The van der Waals surface area contributed by atoms with Gasteiger partial charge in [-0.25, -0.2) is 0 Å². The lowest BCUT2D eigenvalue weighted by atomic mass is 10.3. The van der Waals surface area contributed by atoms with Crippen molar-refractivity contribution in [3.05, 3.63) is 21.5 Å². The SMILES string of the molecule is Cc1nn(CC(=O)[O-])c(C)c1[N+](=O)[O-]. The summed E-state index contributed by atoms with van der Waals surface area (Å²) in [6, 6.07) is 0. The fourth-order valence-corrected chi connectivity index (χ4v) is 1.23. The summed E-state index contributed by atoms with van der Waals surface area (Å²) >= 11 is 0. The summed E-state index contributed by atoms with van der Waals surface area (Å²) in [4.78, 5) is 20.2. The highest BCUT2D eigenvalue weighted by Gasteiger charge is 2.21. The highest BCUT2D eigenvalue weighted by atomic mass is 16.6. The summed E-state index contributed by atoms with van der Waals surface area (Å²) in [5.74, 6) is -1.33. The van der Waals surface area contributed by atoms with Gasteiger partial charge in [-0.3, -0.25) is 14.8 Å². The van der Waals surface area contributed by atoms with E-state index in [0.29, 0.717) is 0 Å². The van der Waals surface area contributed by atoms with Crippen molar-refractivity contribution >= 4 is 11.7 Å². The largest absolute Gasteiger partial charge is 0.548 e. The molecule has 0 spiro atoms. The molecule has 0 aromatic carbocycles.